The first-order chi connectivity index (χ1) is 13.0. The van der Waals surface area contributed by atoms with Crippen LogP contribution < -0.4 is 5.73 Å². The molecule has 3 aromatic rings. The number of nitrogen functional groups attached to an aromatic ring is 1. The van der Waals surface area contributed by atoms with E-state index < -0.39 is 30.6 Å². The zero-order chi connectivity index (χ0) is 19.1. The normalized spacial score (nSPS) is 25.6. The Bertz CT molecular complexity index is 966. The number of fused-ring (bicyclic) bond motifs is 1. The molecule has 1 aliphatic rings. The zero-order valence-corrected chi connectivity index (χ0v) is 16.0. The van der Waals surface area contributed by atoms with Gasteiger partial charge in [0.25, 0.3) is 0 Å². The maximum Gasteiger partial charge on any atom is 0.164 e. The number of anilines is 1. The lowest BCUT2D eigenvalue weighted by atomic mass is 9.97. The Balaban J connectivity index is 0.00000225. The van der Waals surface area contributed by atoms with Gasteiger partial charge in [0.05, 0.1) is 5.39 Å². The number of halogens is 1. The summed E-state index contributed by atoms with van der Waals surface area (Å²) < 4.78 is 7.47. The average molecular weight is 407 g/mol. The maximum absolute atomic E-state index is 10.8. The second-order valence-corrected chi connectivity index (χ2v) is 6.74. The predicted octanol–water partition coefficient (Wildman–Crippen LogP) is 1.35. The molecule has 3 heterocycles. The van der Waals surface area contributed by atoms with Gasteiger partial charge in [-0.1, -0.05) is 31.2 Å². The van der Waals surface area contributed by atoms with Crippen molar-refractivity contribution in [2.75, 3.05) is 5.73 Å². The molecule has 0 radical (unpaired) electrons. The van der Waals surface area contributed by atoms with Gasteiger partial charge in [-0.2, -0.15) is 0 Å². The maximum atomic E-state index is 10.8. The van der Waals surface area contributed by atoms with Crippen LogP contribution in [0.1, 0.15) is 30.4 Å². The molecule has 4 rings (SSSR count). The summed E-state index contributed by atoms with van der Waals surface area (Å²) in [5, 5.41) is 32.4. The highest BCUT2D eigenvalue weighted by Gasteiger charge is 2.47. The highest BCUT2D eigenvalue weighted by molar-refractivity contribution is 5.86. The molecule has 9 heteroatoms. The molecule has 1 fully saturated rings. The molecule has 150 valence electrons. The van der Waals surface area contributed by atoms with Crippen LogP contribution in [-0.4, -0.2) is 48.2 Å². The number of aliphatic hydroxyl groups is 3. The monoisotopic (exact) mass is 406 g/mol. The number of nitrogens with zero attached hydrogens (tertiary/aromatic N) is 3. The summed E-state index contributed by atoms with van der Waals surface area (Å²) in [6.45, 7) is 2.02. The number of aromatic nitrogens is 3. The van der Waals surface area contributed by atoms with E-state index in [1.165, 1.54) is 6.33 Å². The van der Waals surface area contributed by atoms with Crippen LogP contribution in [0.25, 0.3) is 11.0 Å². The smallest absolute Gasteiger partial charge is 0.164 e. The Morgan fingerprint density at radius 1 is 1.21 bits per heavy atom. The van der Waals surface area contributed by atoms with Crippen LogP contribution in [0.3, 0.4) is 0 Å². The quantitative estimate of drug-likeness (QED) is 0.515. The molecule has 0 aliphatic carbocycles. The van der Waals surface area contributed by atoms with Crippen molar-refractivity contribution in [3.63, 3.8) is 0 Å². The van der Waals surface area contributed by atoms with Crippen molar-refractivity contribution in [2.45, 2.75) is 44.0 Å². The molecular formula is C19H23ClN4O4. The molecule has 8 nitrogen and oxygen atoms in total. The molecule has 5 atom stereocenters. The fourth-order valence-corrected chi connectivity index (χ4v) is 3.56. The predicted molar refractivity (Wildman–Crippen MR) is 106 cm³/mol. The molecular weight excluding hydrogens is 384 g/mol. The van der Waals surface area contributed by atoms with Gasteiger partial charge < -0.3 is 30.4 Å². The van der Waals surface area contributed by atoms with Crippen LogP contribution in [-0.2, 0) is 11.2 Å². The van der Waals surface area contributed by atoms with E-state index in [0.29, 0.717) is 22.4 Å². The van der Waals surface area contributed by atoms with Crippen molar-refractivity contribution in [3.8, 4) is 0 Å². The topological polar surface area (TPSA) is 127 Å². The second kappa shape index (κ2) is 8.02. The Hall–Kier alpha value is -2.23. The third kappa shape index (κ3) is 3.34. The van der Waals surface area contributed by atoms with Crippen molar-refractivity contribution in [2.24, 2.45) is 0 Å². The molecule has 1 aliphatic heterocycles. The summed E-state index contributed by atoms with van der Waals surface area (Å²) in [5.41, 5.74) is 8.04. The third-order valence-corrected chi connectivity index (χ3v) is 5.10. The van der Waals surface area contributed by atoms with Crippen LogP contribution in [0.4, 0.5) is 5.82 Å². The summed E-state index contributed by atoms with van der Waals surface area (Å²) >= 11 is 0. The fraction of sp³-hybridized carbons (Fsp3) is 0.368. The van der Waals surface area contributed by atoms with Crippen LogP contribution in [0.15, 0.2) is 42.9 Å². The standard InChI is InChI=1S/C19H22N4O4.ClH/c1-2-10-4-3-5-11(8-10)13(24)16-14(25)15(26)19(27-16)23-7-6-12-17(20)21-9-22-18(12)23;/h3-9,13-16,19,24-26H,2H2,1H3,(H2,20,21,22);1H/t13?,14-,15+,16+,19+;/m0./s1. The third-order valence-electron chi connectivity index (χ3n) is 5.10. The second-order valence-electron chi connectivity index (χ2n) is 6.74. The molecule has 0 bridgehead atoms. The van der Waals surface area contributed by atoms with E-state index in [1.54, 1.807) is 22.9 Å². The lowest BCUT2D eigenvalue weighted by Gasteiger charge is -2.22. The first-order valence-corrected chi connectivity index (χ1v) is 8.86. The van der Waals surface area contributed by atoms with E-state index in [4.69, 9.17) is 10.5 Å². The molecule has 2 aromatic heterocycles. The molecule has 0 amide bonds. The molecule has 5 N–H and O–H groups in total. The van der Waals surface area contributed by atoms with Gasteiger partial charge in [0, 0.05) is 6.20 Å². The minimum atomic E-state index is -1.26. The fourth-order valence-electron chi connectivity index (χ4n) is 3.56. The number of nitrogens with two attached hydrogens (primary N) is 1. The number of benzene rings is 1. The summed E-state index contributed by atoms with van der Waals surface area (Å²) in [6.07, 6.45) is -1.62. The van der Waals surface area contributed by atoms with Gasteiger partial charge in [0.15, 0.2) is 6.23 Å². The Morgan fingerprint density at radius 3 is 2.75 bits per heavy atom. The van der Waals surface area contributed by atoms with Crippen LogP contribution in [0, 0.1) is 0 Å². The first-order valence-electron chi connectivity index (χ1n) is 8.86. The van der Waals surface area contributed by atoms with Crippen LogP contribution in [0.5, 0.6) is 0 Å². The summed E-state index contributed by atoms with van der Waals surface area (Å²) in [7, 11) is 0. The van der Waals surface area contributed by atoms with Gasteiger partial charge in [0.1, 0.15) is 42.2 Å². The molecule has 1 aromatic carbocycles. The van der Waals surface area contributed by atoms with Crippen molar-refractivity contribution >= 4 is 29.3 Å². The van der Waals surface area contributed by atoms with E-state index >= 15 is 0 Å². The Morgan fingerprint density at radius 2 is 2.00 bits per heavy atom. The van der Waals surface area contributed by atoms with E-state index in [0.717, 1.165) is 12.0 Å². The highest BCUT2D eigenvalue weighted by Crippen LogP contribution is 2.37. The van der Waals surface area contributed by atoms with E-state index in [-0.39, 0.29) is 12.4 Å². The minimum absolute atomic E-state index is 0. The highest BCUT2D eigenvalue weighted by atomic mass is 35.5. The number of hydrogen-bond donors (Lipinski definition) is 4. The number of aliphatic hydroxyl groups excluding tert-OH is 3. The van der Waals surface area contributed by atoms with Gasteiger partial charge in [-0.05, 0) is 23.6 Å². The van der Waals surface area contributed by atoms with Gasteiger partial charge in [-0.25, -0.2) is 9.97 Å². The zero-order valence-electron chi connectivity index (χ0n) is 15.2. The minimum Gasteiger partial charge on any atom is -0.387 e. The van der Waals surface area contributed by atoms with Gasteiger partial charge in [0.2, 0.25) is 0 Å². The first kappa shape index (κ1) is 20.5. The molecule has 1 unspecified atom stereocenters. The van der Waals surface area contributed by atoms with Crippen molar-refractivity contribution in [1.82, 2.24) is 14.5 Å². The largest absolute Gasteiger partial charge is 0.387 e. The molecule has 0 saturated carbocycles. The van der Waals surface area contributed by atoms with E-state index in [2.05, 4.69) is 9.97 Å². The Labute approximate surface area is 168 Å². The van der Waals surface area contributed by atoms with E-state index in [9.17, 15) is 15.3 Å². The number of hydrogen-bond acceptors (Lipinski definition) is 7. The van der Waals surface area contributed by atoms with Crippen molar-refractivity contribution in [3.05, 3.63) is 54.0 Å². The van der Waals surface area contributed by atoms with Crippen LogP contribution in [0.2, 0.25) is 0 Å². The average Bonchev–Trinajstić information content (AvgIpc) is 3.24. The Kier molecular flexibility index (Phi) is 5.87. The molecule has 1 saturated heterocycles. The molecule has 28 heavy (non-hydrogen) atoms. The van der Waals surface area contributed by atoms with Crippen molar-refractivity contribution < 1.29 is 20.1 Å². The summed E-state index contributed by atoms with van der Waals surface area (Å²) in [6, 6.07) is 9.20. The summed E-state index contributed by atoms with van der Waals surface area (Å²) in [5.74, 6) is 0.319. The van der Waals surface area contributed by atoms with Gasteiger partial charge in [-0.15, -0.1) is 12.4 Å². The number of rotatable bonds is 4. The number of ether oxygens (including phenoxy) is 1. The number of aryl methyl sites for hydroxylation is 1. The van der Waals surface area contributed by atoms with Crippen LogP contribution >= 0.6 is 12.4 Å². The lowest BCUT2D eigenvalue weighted by molar-refractivity contribution is -0.0848. The van der Waals surface area contributed by atoms with E-state index in [1.807, 2.05) is 25.1 Å². The summed E-state index contributed by atoms with van der Waals surface area (Å²) in [4.78, 5) is 8.13. The van der Waals surface area contributed by atoms with Crippen molar-refractivity contribution in [1.29, 1.82) is 0 Å². The SMILES string of the molecule is CCc1cccc(C(O)[C@H]2O[C@@H](n3ccc4c(N)ncnc43)[C@H](O)[C@@H]2O)c1.Cl. The lowest BCUT2D eigenvalue weighted by Crippen LogP contribution is -2.34. The van der Waals surface area contributed by atoms with Gasteiger partial charge in [-0.3, -0.25) is 0 Å². The van der Waals surface area contributed by atoms with Gasteiger partial charge >= 0.3 is 0 Å². The molecule has 0 spiro atoms.